The lowest BCUT2D eigenvalue weighted by Gasteiger charge is -2.27. The molecule has 0 spiro atoms. The van der Waals surface area contributed by atoms with Crippen molar-refractivity contribution in [3.63, 3.8) is 0 Å². The third-order valence-electron chi connectivity index (χ3n) is 2.92. The van der Waals surface area contributed by atoms with Crippen LogP contribution in [0, 0.1) is 0 Å². The van der Waals surface area contributed by atoms with Crippen LogP contribution in [0.4, 0.5) is 5.69 Å². The molecule has 1 atom stereocenters. The lowest BCUT2D eigenvalue weighted by Crippen LogP contribution is -2.27. The Morgan fingerprint density at radius 2 is 1.83 bits per heavy atom. The van der Waals surface area contributed by atoms with Crippen molar-refractivity contribution < 1.29 is 0 Å². The molecule has 2 N–H and O–H groups in total. The predicted octanol–water partition coefficient (Wildman–Crippen LogP) is 3.86. The van der Waals surface area contributed by atoms with E-state index in [9.17, 15) is 0 Å². The first kappa shape index (κ1) is 15.3. The van der Waals surface area contributed by atoms with Gasteiger partial charge in [-0.15, -0.1) is 0 Å². The molecule has 0 heterocycles. The highest BCUT2D eigenvalue weighted by Gasteiger charge is 2.12. The summed E-state index contributed by atoms with van der Waals surface area (Å²) < 4.78 is 0. The predicted molar refractivity (Wildman–Crippen MR) is 81.6 cm³/mol. The second-order valence-electron chi connectivity index (χ2n) is 4.94. The van der Waals surface area contributed by atoms with Gasteiger partial charge in [0.25, 0.3) is 0 Å². The van der Waals surface area contributed by atoms with E-state index in [1.54, 1.807) is 0 Å². The van der Waals surface area contributed by atoms with Gasteiger partial charge < -0.3 is 10.6 Å². The van der Waals surface area contributed by atoms with Gasteiger partial charge in [0.05, 0.1) is 0 Å². The maximum absolute atomic E-state index is 6.14. The molecule has 1 rings (SSSR count). The molecular formula is C15H25ClN2. The third-order valence-corrected chi connectivity index (χ3v) is 3.15. The molecule has 0 amide bonds. The van der Waals surface area contributed by atoms with Gasteiger partial charge in [-0.2, -0.15) is 0 Å². The minimum Gasteiger partial charge on any atom is -0.371 e. The van der Waals surface area contributed by atoms with E-state index in [1.807, 2.05) is 13.0 Å². The Morgan fingerprint density at radius 1 is 1.22 bits per heavy atom. The fourth-order valence-electron chi connectivity index (χ4n) is 2.24. The summed E-state index contributed by atoms with van der Waals surface area (Å²) in [5, 5.41) is 0.802. The Balaban J connectivity index is 3.03. The second kappa shape index (κ2) is 7.65. The molecule has 3 heteroatoms. The van der Waals surface area contributed by atoms with Gasteiger partial charge in [-0.05, 0) is 43.9 Å². The molecule has 0 aliphatic carbocycles. The number of rotatable bonds is 7. The first-order chi connectivity index (χ1) is 8.58. The number of nitrogens with two attached hydrogens (primary N) is 1. The molecule has 0 aliphatic heterocycles. The minimum atomic E-state index is 0.176. The van der Waals surface area contributed by atoms with Crippen molar-refractivity contribution >= 4 is 17.3 Å². The van der Waals surface area contributed by atoms with Crippen molar-refractivity contribution in [2.75, 3.05) is 18.0 Å². The standard InChI is InChI=1S/C15H25ClN2/c1-4-8-18(9-5-2)15-11-14(16)7-6-13(15)10-12(3)17/h6-7,11-12H,4-5,8-10,17H2,1-3H3. The van der Waals surface area contributed by atoms with Crippen LogP contribution in [0.5, 0.6) is 0 Å². The van der Waals surface area contributed by atoms with Crippen LogP contribution in [0.2, 0.25) is 5.02 Å². The van der Waals surface area contributed by atoms with Crippen molar-refractivity contribution in [1.29, 1.82) is 0 Å². The first-order valence-electron chi connectivity index (χ1n) is 6.87. The highest BCUT2D eigenvalue weighted by atomic mass is 35.5. The smallest absolute Gasteiger partial charge is 0.0426 e. The summed E-state index contributed by atoms with van der Waals surface area (Å²) in [6.45, 7) is 8.60. The van der Waals surface area contributed by atoms with Crippen LogP contribution >= 0.6 is 11.6 Å². The Kier molecular flexibility index (Phi) is 6.51. The summed E-state index contributed by atoms with van der Waals surface area (Å²) in [6, 6.07) is 6.32. The molecule has 0 saturated heterocycles. The van der Waals surface area contributed by atoms with E-state index < -0.39 is 0 Å². The molecular weight excluding hydrogens is 244 g/mol. The van der Waals surface area contributed by atoms with Crippen LogP contribution in [0.15, 0.2) is 18.2 Å². The molecule has 0 saturated carbocycles. The maximum atomic E-state index is 6.14. The van der Waals surface area contributed by atoms with Gasteiger partial charge in [0.15, 0.2) is 0 Å². The van der Waals surface area contributed by atoms with E-state index in [4.69, 9.17) is 17.3 Å². The van der Waals surface area contributed by atoms with Crippen molar-refractivity contribution in [3.8, 4) is 0 Å². The summed E-state index contributed by atoms with van der Waals surface area (Å²) in [7, 11) is 0. The quantitative estimate of drug-likeness (QED) is 0.814. The van der Waals surface area contributed by atoms with Crippen LogP contribution in [0.3, 0.4) is 0 Å². The fraction of sp³-hybridized carbons (Fsp3) is 0.600. The van der Waals surface area contributed by atoms with Gasteiger partial charge in [-0.1, -0.05) is 31.5 Å². The van der Waals surface area contributed by atoms with Gasteiger partial charge in [0.2, 0.25) is 0 Å². The van der Waals surface area contributed by atoms with Gasteiger partial charge in [0.1, 0.15) is 0 Å². The maximum Gasteiger partial charge on any atom is 0.0426 e. The lowest BCUT2D eigenvalue weighted by molar-refractivity contribution is 0.713. The highest BCUT2D eigenvalue weighted by molar-refractivity contribution is 6.30. The zero-order chi connectivity index (χ0) is 13.5. The normalized spacial score (nSPS) is 12.5. The molecule has 0 fully saturated rings. The first-order valence-corrected chi connectivity index (χ1v) is 7.25. The number of anilines is 1. The number of hydrogen-bond acceptors (Lipinski definition) is 2. The van der Waals surface area contributed by atoms with E-state index >= 15 is 0 Å². The molecule has 18 heavy (non-hydrogen) atoms. The number of halogens is 1. The zero-order valence-electron chi connectivity index (χ0n) is 11.7. The largest absolute Gasteiger partial charge is 0.371 e. The van der Waals surface area contributed by atoms with Gasteiger partial charge in [-0.3, -0.25) is 0 Å². The van der Waals surface area contributed by atoms with Crippen LogP contribution in [0.25, 0.3) is 0 Å². The molecule has 0 radical (unpaired) electrons. The fourth-order valence-corrected chi connectivity index (χ4v) is 2.41. The Bertz CT molecular complexity index is 358. The summed E-state index contributed by atoms with van der Waals surface area (Å²) in [6.07, 6.45) is 3.19. The highest BCUT2D eigenvalue weighted by Crippen LogP contribution is 2.26. The second-order valence-corrected chi connectivity index (χ2v) is 5.38. The summed E-state index contributed by atoms with van der Waals surface area (Å²) in [5.41, 5.74) is 8.48. The topological polar surface area (TPSA) is 29.3 Å². The van der Waals surface area contributed by atoms with Crippen LogP contribution in [-0.2, 0) is 6.42 Å². The van der Waals surface area contributed by atoms with Crippen LogP contribution in [0.1, 0.15) is 39.2 Å². The van der Waals surface area contributed by atoms with E-state index in [2.05, 4.69) is 30.9 Å². The van der Waals surface area contributed by atoms with E-state index in [0.29, 0.717) is 0 Å². The Morgan fingerprint density at radius 3 is 2.33 bits per heavy atom. The molecule has 0 bridgehead atoms. The SMILES string of the molecule is CCCN(CCC)c1cc(Cl)ccc1CC(C)N. The molecule has 1 unspecified atom stereocenters. The van der Waals surface area contributed by atoms with E-state index in [0.717, 1.165) is 37.4 Å². The van der Waals surface area contributed by atoms with Crippen LogP contribution in [-0.4, -0.2) is 19.1 Å². The van der Waals surface area contributed by atoms with Gasteiger partial charge in [0, 0.05) is 29.8 Å². The average Bonchev–Trinajstić information content (AvgIpc) is 2.31. The van der Waals surface area contributed by atoms with Crippen molar-refractivity contribution in [2.45, 2.75) is 46.1 Å². The third kappa shape index (κ3) is 4.51. The van der Waals surface area contributed by atoms with Crippen molar-refractivity contribution in [1.82, 2.24) is 0 Å². The number of benzene rings is 1. The average molecular weight is 269 g/mol. The van der Waals surface area contributed by atoms with Crippen molar-refractivity contribution in [2.24, 2.45) is 5.73 Å². The molecule has 102 valence electrons. The molecule has 0 aromatic heterocycles. The van der Waals surface area contributed by atoms with Gasteiger partial charge in [-0.25, -0.2) is 0 Å². The van der Waals surface area contributed by atoms with E-state index in [1.165, 1.54) is 11.3 Å². The molecule has 1 aromatic rings. The Hall–Kier alpha value is -0.730. The molecule has 1 aromatic carbocycles. The zero-order valence-corrected chi connectivity index (χ0v) is 12.5. The summed E-state index contributed by atoms with van der Waals surface area (Å²) in [4.78, 5) is 2.42. The number of hydrogen-bond donors (Lipinski definition) is 1. The minimum absolute atomic E-state index is 0.176. The summed E-state index contributed by atoms with van der Waals surface area (Å²) in [5.74, 6) is 0. The van der Waals surface area contributed by atoms with E-state index in [-0.39, 0.29) is 6.04 Å². The lowest BCUT2D eigenvalue weighted by atomic mass is 10.0. The molecule has 2 nitrogen and oxygen atoms in total. The van der Waals surface area contributed by atoms with Gasteiger partial charge >= 0.3 is 0 Å². The van der Waals surface area contributed by atoms with Crippen LogP contribution < -0.4 is 10.6 Å². The summed E-state index contributed by atoms with van der Waals surface area (Å²) >= 11 is 6.14. The van der Waals surface area contributed by atoms with Crippen molar-refractivity contribution in [3.05, 3.63) is 28.8 Å². The monoisotopic (exact) mass is 268 g/mol. The molecule has 0 aliphatic rings. The Labute approximate surface area is 116 Å². The number of nitrogens with zero attached hydrogens (tertiary/aromatic N) is 1.